The summed E-state index contributed by atoms with van der Waals surface area (Å²) in [6, 6.07) is 0.432. The summed E-state index contributed by atoms with van der Waals surface area (Å²) in [6.07, 6.45) is 0.287. The molecule has 4 rings (SSSR count). The second-order valence-electron chi connectivity index (χ2n) is 10.1. The van der Waals surface area contributed by atoms with Crippen LogP contribution in [0.25, 0.3) is 0 Å². The number of hydrogen-bond donors (Lipinski definition) is 1. The van der Waals surface area contributed by atoms with Crippen molar-refractivity contribution in [2.45, 2.75) is 76.6 Å². The zero-order valence-corrected chi connectivity index (χ0v) is 19.4. The Morgan fingerprint density at radius 3 is 2.47 bits per heavy atom. The van der Waals surface area contributed by atoms with Gasteiger partial charge >= 0.3 is 6.09 Å². The molecular weight excluding hydrogens is 446 g/mol. The molecule has 0 unspecified atom stereocenters. The largest absolute Gasteiger partial charge is 0.444 e. The number of hydrogen-bond acceptors (Lipinski definition) is 5. The molecule has 3 fully saturated rings. The fourth-order valence-electron chi connectivity index (χ4n) is 4.55. The van der Waals surface area contributed by atoms with E-state index in [4.69, 9.17) is 25.8 Å². The maximum absolute atomic E-state index is 14.3. The number of fused-ring (bicyclic) bond motifs is 1. The number of ether oxygens (including phenoxy) is 3. The van der Waals surface area contributed by atoms with Gasteiger partial charge in [-0.15, -0.1) is 0 Å². The molecule has 1 saturated carbocycles. The molecule has 176 valence electrons. The quantitative estimate of drug-likeness (QED) is 0.656. The van der Waals surface area contributed by atoms with E-state index in [0.29, 0.717) is 6.07 Å². The van der Waals surface area contributed by atoms with E-state index in [0.717, 1.165) is 18.9 Å². The number of nitrogens with zero attached hydrogens (tertiary/aromatic N) is 1. The third-order valence-electron chi connectivity index (χ3n) is 5.80. The fourth-order valence-corrected chi connectivity index (χ4v) is 4.71. The third kappa shape index (κ3) is 4.18. The first kappa shape index (κ1) is 23.2. The Morgan fingerprint density at radius 2 is 1.88 bits per heavy atom. The molecule has 2 amide bonds. The smallest absolute Gasteiger partial charge is 0.411 e. The van der Waals surface area contributed by atoms with E-state index in [9.17, 15) is 18.4 Å². The molecule has 1 aliphatic carbocycles. The summed E-state index contributed by atoms with van der Waals surface area (Å²) in [7, 11) is 0. The topological polar surface area (TPSA) is 77.1 Å². The van der Waals surface area contributed by atoms with Gasteiger partial charge in [-0.2, -0.15) is 0 Å². The van der Waals surface area contributed by atoms with Gasteiger partial charge in [0.25, 0.3) is 0 Å². The van der Waals surface area contributed by atoms with Gasteiger partial charge in [-0.05, 0) is 59.4 Å². The molecule has 3 atom stereocenters. The van der Waals surface area contributed by atoms with E-state index in [1.54, 1.807) is 34.6 Å². The van der Waals surface area contributed by atoms with Crippen LogP contribution in [0.5, 0.6) is 0 Å². The highest BCUT2D eigenvalue weighted by Gasteiger charge is 2.70. The molecule has 32 heavy (non-hydrogen) atoms. The minimum atomic E-state index is -1.14. The van der Waals surface area contributed by atoms with Gasteiger partial charge < -0.3 is 19.5 Å². The average Bonchev–Trinajstić information content (AvgIpc) is 3.38. The van der Waals surface area contributed by atoms with Gasteiger partial charge in [0.1, 0.15) is 35.0 Å². The number of anilines is 1. The maximum atomic E-state index is 14.3. The molecule has 2 saturated heterocycles. The zero-order chi connectivity index (χ0) is 23.6. The van der Waals surface area contributed by atoms with Crippen LogP contribution in [0.3, 0.4) is 0 Å². The molecule has 2 aliphatic heterocycles. The Hall–Kier alpha value is -1.97. The van der Waals surface area contributed by atoms with E-state index in [2.05, 4.69) is 5.32 Å². The van der Waals surface area contributed by atoms with E-state index in [1.165, 1.54) is 4.90 Å². The number of carbonyl (C=O) groups is 2. The lowest BCUT2D eigenvalue weighted by Gasteiger charge is -2.31. The number of carbonyl (C=O) groups excluding carboxylic acids is 2. The molecule has 3 aliphatic rings. The van der Waals surface area contributed by atoms with Gasteiger partial charge in [-0.25, -0.2) is 13.6 Å². The van der Waals surface area contributed by atoms with Crippen molar-refractivity contribution in [3.63, 3.8) is 0 Å². The van der Waals surface area contributed by atoms with E-state index in [1.807, 2.05) is 0 Å². The van der Waals surface area contributed by atoms with Gasteiger partial charge in [-0.1, -0.05) is 11.6 Å². The van der Waals surface area contributed by atoms with Crippen LogP contribution in [-0.4, -0.2) is 52.6 Å². The molecule has 0 radical (unpaired) electrons. The highest BCUT2D eigenvalue weighted by molar-refractivity contribution is 6.31. The van der Waals surface area contributed by atoms with Crippen molar-refractivity contribution in [2.75, 3.05) is 11.9 Å². The number of halogens is 3. The molecule has 0 aromatic heterocycles. The molecule has 2 heterocycles. The molecule has 7 nitrogen and oxygen atoms in total. The highest BCUT2D eigenvalue weighted by atomic mass is 35.5. The number of amides is 2. The van der Waals surface area contributed by atoms with Crippen molar-refractivity contribution in [3.05, 3.63) is 28.8 Å². The molecule has 0 bridgehead atoms. The van der Waals surface area contributed by atoms with E-state index in [-0.39, 0.29) is 23.2 Å². The molecule has 1 aromatic carbocycles. The summed E-state index contributed by atoms with van der Waals surface area (Å²) in [5, 5.41) is 2.09. The number of rotatable bonds is 3. The number of likely N-dealkylation sites (tertiary alicyclic amines) is 1. The monoisotopic (exact) mass is 472 g/mol. The predicted molar refractivity (Wildman–Crippen MR) is 112 cm³/mol. The number of nitrogens with one attached hydrogen (secondary N) is 1. The van der Waals surface area contributed by atoms with Gasteiger partial charge in [-0.3, -0.25) is 9.69 Å². The van der Waals surface area contributed by atoms with Crippen LogP contribution in [0.1, 0.15) is 47.5 Å². The Bertz CT molecular complexity index is 962. The summed E-state index contributed by atoms with van der Waals surface area (Å²) < 4.78 is 45.8. The summed E-state index contributed by atoms with van der Waals surface area (Å²) in [5.41, 5.74) is -1.96. The van der Waals surface area contributed by atoms with Gasteiger partial charge in [0.2, 0.25) is 5.91 Å². The summed E-state index contributed by atoms with van der Waals surface area (Å²) >= 11 is 5.76. The average molecular weight is 473 g/mol. The Labute approximate surface area is 190 Å². The molecule has 1 N–H and O–H groups in total. The van der Waals surface area contributed by atoms with Crippen molar-refractivity contribution in [2.24, 2.45) is 5.92 Å². The standard InChI is InChI=1S/C22H27ClF2N2O5/c1-20(2,3)31-19(29)27-10-22(11-6-7-11)17(30-21(4,5)32-22)16(27)18(28)26-15-8-12(23)13(24)9-14(15)25/h8-9,11,16-17H,6-7,10H2,1-5H3,(H,26,28)/t16-,17-,22-/m0/s1. The first-order valence-corrected chi connectivity index (χ1v) is 10.9. The second-order valence-corrected chi connectivity index (χ2v) is 10.5. The SMILES string of the molecule is CC(C)(C)OC(=O)N1C[C@@]2(C3CC3)OC(C)(C)O[C@H]2[C@H]1C(=O)Nc1cc(Cl)c(F)cc1F. The van der Waals surface area contributed by atoms with Crippen molar-refractivity contribution >= 4 is 29.3 Å². The van der Waals surface area contributed by atoms with Crippen LogP contribution in [0, 0.1) is 17.6 Å². The van der Waals surface area contributed by atoms with Gasteiger partial charge in [0, 0.05) is 6.07 Å². The molecule has 10 heteroatoms. The fraction of sp³-hybridized carbons (Fsp3) is 0.636. The van der Waals surface area contributed by atoms with Crippen LogP contribution >= 0.6 is 11.6 Å². The van der Waals surface area contributed by atoms with Crippen LogP contribution in [0.15, 0.2) is 12.1 Å². The summed E-state index contributed by atoms with van der Waals surface area (Å²) in [5.74, 6) is -3.48. The van der Waals surface area contributed by atoms with E-state index < -0.39 is 52.8 Å². The number of benzene rings is 1. The van der Waals surface area contributed by atoms with Crippen molar-refractivity contribution in [3.8, 4) is 0 Å². The minimum Gasteiger partial charge on any atom is -0.444 e. The summed E-state index contributed by atoms with van der Waals surface area (Å²) in [4.78, 5) is 27.7. The Kier molecular flexibility index (Phi) is 5.46. The first-order valence-electron chi connectivity index (χ1n) is 10.6. The lowest BCUT2D eigenvalue weighted by molar-refractivity contribution is -0.179. The lowest BCUT2D eigenvalue weighted by atomic mass is 9.91. The van der Waals surface area contributed by atoms with E-state index >= 15 is 0 Å². The van der Waals surface area contributed by atoms with Gasteiger partial charge in [0.15, 0.2) is 5.79 Å². The molecular formula is C22H27ClF2N2O5. The van der Waals surface area contributed by atoms with Crippen molar-refractivity contribution in [1.29, 1.82) is 0 Å². The summed E-state index contributed by atoms with van der Waals surface area (Å²) in [6.45, 7) is 8.77. The van der Waals surface area contributed by atoms with Gasteiger partial charge in [0.05, 0.1) is 17.3 Å². The van der Waals surface area contributed by atoms with Crippen LogP contribution in [-0.2, 0) is 19.0 Å². The highest BCUT2D eigenvalue weighted by Crippen LogP contribution is 2.56. The second kappa shape index (κ2) is 7.53. The van der Waals surface area contributed by atoms with Crippen LogP contribution in [0.2, 0.25) is 5.02 Å². The molecule has 0 spiro atoms. The first-order chi connectivity index (χ1) is 14.7. The minimum absolute atomic E-state index is 0.103. The lowest BCUT2D eigenvalue weighted by Crippen LogP contribution is -2.50. The molecule has 1 aromatic rings. The maximum Gasteiger partial charge on any atom is 0.411 e. The third-order valence-corrected chi connectivity index (χ3v) is 6.09. The predicted octanol–water partition coefficient (Wildman–Crippen LogP) is 4.48. The van der Waals surface area contributed by atoms with Crippen molar-refractivity contribution in [1.82, 2.24) is 4.90 Å². The normalized spacial score (nSPS) is 29.1. The zero-order valence-electron chi connectivity index (χ0n) is 18.6. The Morgan fingerprint density at radius 1 is 1.22 bits per heavy atom. The van der Waals surface area contributed by atoms with Crippen LogP contribution in [0.4, 0.5) is 19.3 Å². The van der Waals surface area contributed by atoms with Crippen LogP contribution < -0.4 is 5.32 Å². The van der Waals surface area contributed by atoms with Crippen molar-refractivity contribution < 1.29 is 32.6 Å². The Balaban J connectivity index is 1.69.